The number of fused-ring (bicyclic) bond motifs is 4. The molecule has 2 aromatic carbocycles. The summed E-state index contributed by atoms with van der Waals surface area (Å²) in [6.45, 7) is 4.14. The topological polar surface area (TPSA) is 49.9 Å². The monoisotopic (exact) mass is 274 g/mol. The largest absolute Gasteiger partial charge is 0.453 e. The molecule has 0 saturated heterocycles. The summed E-state index contributed by atoms with van der Waals surface area (Å²) in [5, 5.41) is 10.5. The van der Waals surface area contributed by atoms with Crippen molar-refractivity contribution in [3.63, 3.8) is 0 Å². The molecule has 4 rings (SSSR count). The fourth-order valence-corrected chi connectivity index (χ4v) is 2.71. The molecule has 3 heteroatoms. The van der Waals surface area contributed by atoms with Crippen LogP contribution in [0.4, 0.5) is 0 Å². The lowest BCUT2D eigenvalue weighted by Gasteiger charge is -2.11. The lowest BCUT2D eigenvalue weighted by Crippen LogP contribution is -2.04. The van der Waals surface area contributed by atoms with Gasteiger partial charge in [-0.1, -0.05) is 24.3 Å². The molecule has 0 bridgehead atoms. The van der Waals surface area contributed by atoms with Gasteiger partial charge < -0.3 is 9.83 Å². The van der Waals surface area contributed by atoms with E-state index in [2.05, 4.69) is 19.9 Å². The van der Waals surface area contributed by atoms with E-state index >= 15 is 0 Å². The van der Waals surface area contributed by atoms with Gasteiger partial charge in [-0.3, -0.25) is 0 Å². The quantitative estimate of drug-likeness (QED) is 0.386. The van der Waals surface area contributed by atoms with E-state index in [1.54, 1.807) is 6.07 Å². The summed E-state index contributed by atoms with van der Waals surface area (Å²) in [5.74, 6) is 0.662. The smallest absolute Gasteiger partial charge is 0.155 e. The molecule has 0 radical (unpaired) electrons. The third-order valence-corrected chi connectivity index (χ3v) is 4.01. The number of benzene rings is 3. The van der Waals surface area contributed by atoms with Crippen molar-refractivity contribution in [2.45, 2.75) is 13.8 Å². The van der Waals surface area contributed by atoms with Crippen LogP contribution in [0.15, 0.2) is 46.9 Å². The van der Waals surface area contributed by atoms with Crippen LogP contribution in [-0.2, 0) is 0 Å². The molecular weight excluding hydrogens is 260 g/mol. The number of nitrogens with zero attached hydrogens (tertiary/aromatic N) is 1. The van der Waals surface area contributed by atoms with Gasteiger partial charge in [-0.05, 0) is 37.1 Å². The molecule has 2 aliphatic rings. The van der Waals surface area contributed by atoms with Crippen LogP contribution in [0, 0.1) is 19.3 Å². The Balaban J connectivity index is 2.24. The molecule has 1 aliphatic heterocycles. The molecule has 0 amide bonds. The summed E-state index contributed by atoms with van der Waals surface area (Å²) in [6.07, 6.45) is 0. The Morgan fingerprint density at radius 2 is 1.67 bits per heavy atom. The van der Waals surface area contributed by atoms with E-state index in [-0.39, 0.29) is 0 Å². The second kappa shape index (κ2) is 4.16. The fraction of sp³-hybridized carbons (Fsp3) is 0.111. The van der Waals surface area contributed by atoms with Crippen molar-refractivity contribution >= 4 is 21.9 Å². The van der Waals surface area contributed by atoms with Gasteiger partial charge in [0.2, 0.25) is 0 Å². The Morgan fingerprint density at radius 3 is 2.48 bits per heavy atom. The van der Waals surface area contributed by atoms with Gasteiger partial charge >= 0.3 is 0 Å². The molecule has 2 aromatic rings. The van der Waals surface area contributed by atoms with Crippen molar-refractivity contribution in [3.8, 4) is 11.5 Å². The van der Waals surface area contributed by atoms with E-state index in [0.717, 1.165) is 27.6 Å². The van der Waals surface area contributed by atoms with Crippen LogP contribution in [0.5, 0.6) is 0 Å². The van der Waals surface area contributed by atoms with Crippen molar-refractivity contribution < 1.29 is 4.42 Å². The maximum absolute atomic E-state index is 8.14. The van der Waals surface area contributed by atoms with E-state index in [1.165, 1.54) is 11.1 Å². The van der Waals surface area contributed by atoms with Crippen LogP contribution in [0.25, 0.3) is 33.3 Å². The minimum absolute atomic E-state index is 0.465. The molecule has 0 spiro atoms. The van der Waals surface area contributed by atoms with Crippen molar-refractivity contribution in [3.05, 3.63) is 58.9 Å². The Morgan fingerprint density at radius 1 is 0.952 bits per heavy atom. The predicted octanol–water partition coefficient (Wildman–Crippen LogP) is 4.18. The fourth-order valence-electron chi connectivity index (χ4n) is 2.71. The molecule has 1 N–H and O–H groups in total. The summed E-state index contributed by atoms with van der Waals surface area (Å²) in [7, 11) is 0. The maximum Gasteiger partial charge on any atom is 0.155 e. The van der Waals surface area contributed by atoms with E-state index in [1.807, 2.05) is 30.3 Å². The molecule has 102 valence electrons. The number of hydrogen-bond acceptors (Lipinski definition) is 3. The first-order chi connectivity index (χ1) is 10.1. The second-order valence-corrected chi connectivity index (χ2v) is 5.43. The van der Waals surface area contributed by atoms with Gasteiger partial charge in [0.15, 0.2) is 11.3 Å². The molecule has 3 nitrogen and oxygen atoms in total. The van der Waals surface area contributed by atoms with Gasteiger partial charge in [-0.2, -0.15) is 0 Å². The third kappa shape index (κ3) is 1.74. The highest BCUT2D eigenvalue weighted by Gasteiger charge is 2.14. The molecular formula is C18H14N2O. The molecule has 0 fully saturated rings. The van der Waals surface area contributed by atoms with E-state index in [0.29, 0.717) is 11.1 Å². The normalized spacial score (nSPS) is 11.5. The maximum atomic E-state index is 8.14. The van der Waals surface area contributed by atoms with Crippen molar-refractivity contribution in [1.82, 2.24) is 4.98 Å². The number of aryl methyl sites for hydroxylation is 2. The zero-order valence-electron chi connectivity index (χ0n) is 11.9. The van der Waals surface area contributed by atoms with Crippen molar-refractivity contribution in [2.75, 3.05) is 0 Å². The van der Waals surface area contributed by atoms with Crippen molar-refractivity contribution in [2.24, 2.45) is 0 Å². The van der Waals surface area contributed by atoms with E-state index in [9.17, 15) is 0 Å². The molecule has 0 atom stereocenters. The van der Waals surface area contributed by atoms with Gasteiger partial charge in [-0.15, -0.1) is 0 Å². The summed E-state index contributed by atoms with van der Waals surface area (Å²) in [4.78, 5) is 4.77. The first-order valence-corrected chi connectivity index (χ1v) is 6.91. The molecule has 1 aliphatic carbocycles. The Bertz CT molecular complexity index is 1030. The van der Waals surface area contributed by atoms with Crippen LogP contribution >= 0.6 is 0 Å². The zero-order valence-corrected chi connectivity index (χ0v) is 11.9. The van der Waals surface area contributed by atoms with Gasteiger partial charge in [0, 0.05) is 16.8 Å². The summed E-state index contributed by atoms with van der Waals surface area (Å²) in [5.41, 5.74) is 4.82. The Hall–Kier alpha value is -2.68. The summed E-state index contributed by atoms with van der Waals surface area (Å²) in [6, 6.07) is 13.7. The molecule has 0 saturated carbocycles. The first-order valence-electron chi connectivity index (χ1n) is 6.91. The SMILES string of the molecule is Cc1cc2nc3c4ccccc4c(=N)cc-3oc2cc1C. The molecule has 21 heavy (non-hydrogen) atoms. The van der Waals surface area contributed by atoms with Gasteiger partial charge in [0.05, 0.1) is 5.36 Å². The highest BCUT2D eigenvalue weighted by molar-refractivity contribution is 5.96. The highest BCUT2D eigenvalue weighted by Crippen LogP contribution is 2.30. The van der Waals surface area contributed by atoms with Crippen LogP contribution in [-0.4, -0.2) is 4.98 Å². The molecule has 0 unspecified atom stereocenters. The minimum Gasteiger partial charge on any atom is -0.453 e. The molecule has 0 aromatic heterocycles. The van der Waals surface area contributed by atoms with E-state index in [4.69, 9.17) is 14.8 Å². The zero-order chi connectivity index (χ0) is 14.6. The number of rotatable bonds is 0. The third-order valence-electron chi connectivity index (χ3n) is 4.01. The van der Waals surface area contributed by atoms with Crippen LogP contribution in [0.3, 0.4) is 0 Å². The highest BCUT2D eigenvalue weighted by atomic mass is 16.3. The number of aromatic nitrogens is 1. The lowest BCUT2D eigenvalue weighted by molar-refractivity contribution is 0.613. The van der Waals surface area contributed by atoms with E-state index < -0.39 is 0 Å². The Kier molecular flexibility index (Phi) is 2.39. The average Bonchev–Trinajstić information content (AvgIpc) is 2.48. The van der Waals surface area contributed by atoms with Crippen molar-refractivity contribution in [1.29, 1.82) is 5.41 Å². The second-order valence-electron chi connectivity index (χ2n) is 5.43. The van der Waals surface area contributed by atoms with Gasteiger partial charge in [0.25, 0.3) is 0 Å². The standard InChI is InChI=1S/C18H14N2O/c1-10-7-15-16(8-11(10)2)21-17-9-14(19)12-5-3-4-6-13(12)18(17)20-15/h3-9,19H,1-2H3. The number of nitrogens with one attached hydrogen (secondary N) is 1. The van der Waals surface area contributed by atoms with Crippen LogP contribution in [0.2, 0.25) is 0 Å². The van der Waals surface area contributed by atoms with Crippen LogP contribution in [0.1, 0.15) is 11.1 Å². The van der Waals surface area contributed by atoms with Crippen LogP contribution < -0.4 is 5.36 Å². The summed E-state index contributed by atoms with van der Waals surface area (Å²) >= 11 is 0. The minimum atomic E-state index is 0.465. The van der Waals surface area contributed by atoms with Gasteiger partial charge in [-0.25, -0.2) is 4.98 Å². The number of hydrogen-bond donors (Lipinski definition) is 1. The lowest BCUT2D eigenvalue weighted by atomic mass is 10.0. The van der Waals surface area contributed by atoms with Gasteiger partial charge in [0.1, 0.15) is 11.2 Å². The average molecular weight is 274 g/mol. The first kappa shape index (κ1) is 12.1. The Labute approximate surface area is 121 Å². The predicted molar refractivity (Wildman–Crippen MR) is 83.5 cm³/mol. The molecule has 1 heterocycles. The summed E-state index contributed by atoms with van der Waals surface area (Å²) < 4.78 is 5.99.